The van der Waals surface area contributed by atoms with Gasteiger partial charge in [-0.05, 0) is 47.5 Å². The third-order valence-electron chi connectivity index (χ3n) is 4.51. The number of para-hydroxylation sites is 1. The number of fused-ring (bicyclic) bond motifs is 1. The molecule has 0 radical (unpaired) electrons. The van der Waals surface area contributed by atoms with Crippen LogP contribution in [-0.2, 0) is 0 Å². The summed E-state index contributed by atoms with van der Waals surface area (Å²) in [7, 11) is 0. The maximum Gasteiger partial charge on any atom is 0.283 e. The predicted molar refractivity (Wildman–Crippen MR) is 99.5 cm³/mol. The van der Waals surface area contributed by atoms with Gasteiger partial charge in [-0.15, -0.1) is 0 Å². The van der Waals surface area contributed by atoms with E-state index in [2.05, 4.69) is 21.2 Å². The number of hydrogen-bond donors (Lipinski definition) is 1. The summed E-state index contributed by atoms with van der Waals surface area (Å²) in [5.74, 6) is -0.0701. The van der Waals surface area contributed by atoms with Crippen molar-refractivity contribution in [2.45, 2.75) is 32.5 Å². The first-order valence-corrected chi connectivity index (χ1v) is 8.85. The maximum absolute atomic E-state index is 13.0. The molecule has 25 heavy (non-hydrogen) atoms. The van der Waals surface area contributed by atoms with Gasteiger partial charge in [0, 0.05) is 23.4 Å². The molecule has 6 nitrogen and oxygen atoms in total. The molecule has 0 aromatic heterocycles. The number of rotatable bonds is 4. The Hall–Kier alpha value is -2.41. The van der Waals surface area contributed by atoms with E-state index in [0.29, 0.717) is 15.6 Å². The van der Waals surface area contributed by atoms with E-state index in [1.807, 2.05) is 32.0 Å². The first kappa shape index (κ1) is 17.4. The average Bonchev–Trinajstić information content (AvgIpc) is 2.61. The number of carbonyl (C=O) groups is 1. The van der Waals surface area contributed by atoms with E-state index in [1.165, 1.54) is 6.07 Å². The number of benzene rings is 2. The van der Waals surface area contributed by atoms with Gasteiger partial charge in [-0.25, -0.2) is 0 Å². The third-order valence-corrected chi connectivity index (χ3v) is 5.18. The number of hydrogen-bond acceptors (Lipinski definition) is 4. The summed E-state index contributed by atoms with van der Waals surface area (Å²) in [5, 5.41) is 14.6. The summed E-state index contributed by atoms with van der Waals surface area (Å²) in [6.07, 6.45) is 0.328. The molecule has 0 aliphatic carbocycles. The lowest BCUT2D eigenvalue weighted by atomic mass is 10.0. The van der Waals surface area contributed by atoms with Crippen LogP contribution in [0.15, 0.2) is 46.9 Å². The summed E-state index contributed by atoms with van der Waals surface area (Å²) >= 11 is 3.21. The fourth-order valence-electron chi connectivity index (χ4n) is 3.00. The minimum absolute atomic E-state index is 0.0129. The lowest BCUT2D eigenvalue weighted by Crippen LogP contribution is -2.47. The quantitative estimate of drug-likeness (QED) is 0.591. The molecular weight excluding hydrogens is 386 g/mol. The van der Waals surface area contributed by atoms with Gasteiger partial charge in [-0.1, -0.05) is 25.1 Å². The highest BCUT2D eigenvalue weighted by atomic mass is 79.9. The van der Waals surface area contributed by atoms with Crippen molar-refractivity contribution < 1.29 is 9.72 Å². The molecule has 0 fully saturated rings. The fraction of sp³-hybridized carbons (Fsp3) is 0.278. The number of amides is 1. The predicted octanol–water partition coefficient (Wildman–Crippen LogP) is 4.72. The van der Waals surface area contributed by atoms with E-state index in [1.54, 1.807) is 23.1 Å². The fourth-order valence-corrected chi connectivity index (χ4v) is 3.40. The third kappa shape index (κ3) is 3.11. The maximum atomic E-state index is 13.0. The smallest absolute Gasteiger partial charge is 0.283 e. The number of carbonyl (C=O) groups excluding carboxylic acids is 1. The second kappa shape index (κ2) is 6.84. The Bertz CT molecular complexity index is 840. The van der Waals surface area contributed by atoms with Crippen molar-refractivity contribution in [2.75, 3.05) is 5.32 Å². The van der Waals surface area contributed by atoms with Gasteiger partial charge in [-0.2, -0.15) is 0 Å². The van der Waals surface area contributed by atoms with Gasteiger partial charge in [0.1, 0.15) is 6.17 Å². The second-order valence-corrected chi connectivity index (χ2v) is 6.88. The number of halogens is 1. The Morgan fingerprint density at radius 2 is 2.04 bits per heavy atom. The van der Waals surface area contributed by atoms with Gasteiger partial charge in [-0.3, -0.25) is 14.9 Å². The Morgan fingerprint density at radius 1 is 1.32 bits per heavy atom. The van der Waals surface area contributed by atoms with Crippen molar-refractivity contribution in [2.24, 2.45) is 0 Å². The molecule has 0 saturated heterocycles. The van der Waals surface area contributed by atoms with Gasteiger partial charge in [0.05, 0.1) is 15.0 Å². The van der Waals surface area contributed by atoms with Gasteiger partial charge < -0.3 is 10.2 Å². The minimum Gasteiger partial charge on any atom is -0.361 e. The highest BCUT2D eigenvalue weighted by Gasteiger charge is 2.36. The van der Waals surface area contributed by atoms with Crippen molar-refractivity contribution in [3.63, 3.8) is 0 Å². The molecule has 2 aromatic rings. The van der Waals surface area contributed by atoms with E-state index in [9.17, 15) is 14.9 Å². The van der Waals surface area contributed by atoms with Crippen LogP contribution in [0.25, 0.3) is 0 Å². The summed E-state index contributed by atoms with van der Waals surface area (Å²) < 4.78 is 0.416. The minimum atomic E-state index is -0.454. The number of nitro groups is 1. The molecule has 1 aliphatic rings. The van der Waals surface area contributed by atoms with Crippen LogP contribution < -0.4 is 5.32 Å². The highest BCUT2D eigenvalue weighted by molar-refractivity contribution is 9.10. The first-order valence-electron chi connectivity index (χ1n) is 8.06. The van der Waals surface area contributed by atoms with E-state index in [4.69, 9.17) is 0 Å². The lowest BCUT2D eigenvalue weighted by molar-refractivity contribution is -0.385. The van der Waals surface area contributed by atoms with Crippen molar-refractivity contribution in [3.05, 3.63) is 68.2 Å². The van der Waals surface area contributed by atoms with Crippen LogP contribution in [0.1, 0.15) is 42.4 Å². The highest BCUT2D eigenvalue weighted by Crippen LogP contribution is 2.37. The first-order chi connectivity index (χ1) is 11.9. The molecule has 0 unspecified atom stereocenters. The lowest BCUT2D eigenvalue weighted by Gasteiger charge is -2.41. The van der Waals surface area contributed by atoms with Crippen molar-refractivity contribution in [1.82, 2.24) is 4.90 Å². The largest absolute Gasteiger partial charge is 0.361 e. The SMILES string of the molecule is CC[C@H](C)N1C(=O)c2ccccc2N[C@@H]1c1ccc(Br)c([N+](=O)[O-])c1. The molecule has 0 spiro atoms. The Kier molecular flexibility index (Phi) is 4.76. The van der Waals surface area contributed by atoms with Crippen LogP contribution in [0.2, 0.25) is 0 Å². The van der Waals surface area contributed by atoms with Crippen LogP contribution in [-0.4, -0.2) is 21.8 Å². The number of nitrogens with one attached hydrogen (secondary N) is 1. The van der Waals surface area contributed by atoms with E-state index >= 15 is 0 Å². The van der Waals surface area contributed by atoms with E-state index < -0.39 is 11.1 Å². The second-order valence-electron chi connectivity index (χ2n) is 6.03. The molecular formula is C18H18BrN3O3. The molecule has 130 valence electrons. The monoisotopic (exact) mass is 403 g/mol. The Balaban J connectivity index is 2.11. The number of nitrogens with zero attached hydrogens (tertiary/aromatic N) is 2. The summed E-state index contributed by atoms with van der Waals surface area (Å²) in [5.41, 5.74) is 2.01. The van der Waals surface area contributed by atoms with Crippen LogP contribution in [0.3, 0.4) is 0 Å². The summed E-state index contributed by atoms with van der Waals surface area (Å²) in [4.78, 5) is 25.6. The van der Waals surface area contributed by atoms with Crippen LogP contribution >= 0.6 is 15.9 Å². The normalized spacial score (nSPS) is 17.6. The Morgan fingerprint density at radius 3 is 2.72 bits per heavy atom. The van der Waals surface area contributed by atoms with E-state index in [0.717, 1.165) is 12.1 Å². The summed E-state index contributed by atoms with van der Waals surface area (Å²) in [6, 6.07) is 12.3. The average molecular weight is 404 g/mol. The molecule has 0 bridgehead atoms. The number of anilines is 1. The topological polar surface area (TPSA) is 75.5 Å². The molecule has 1 N–H and O–H groups in total. The van der Waals surface area contributed by atoms with Crippen molar-refractivity contribution in [1.29, 1.82) is 0 Å². The zero-order valence-corrected chi connectivity index (χ0v) is 15.5. The van der Waals surface area contributed by atoms with Crippen LogP contribution in [0.5, 0.6) is 0 Å². The summed E-state index contributed by atoms with van der Waals surface area (Å²) in [6.45, 7) is 3.99. The number of nitro benzene ring substituents is 1. The van der Waals surface area contributed by atoms with Crippen LogP contribution in [0, 0.1) is 10.1 Å². The zero-order valence-electron chi connectivity index (χ0n) is 13.9. The van der Waals surface area contributed by atoms with Gasteiger partial charge in [0.15, 0.2) is 0 Å². The van der Waals surface area contributed by atoms with E-state index in [-0.39, 0.29) is 17.6 Å². The molecule has 2 aromatic carbocycles. The molecule has 3 rings (SSSR count). The van der Waals surface area contributed by atoms with Gasteiger partial charge in [0.25, 0.3) is 11.6 Å². The molecule has 7 heteroatoms. The standard InChI is InChI=1S/C18H18BrN3O3/c1-3-11(2)21-17(12-8-9-14(19)16(10-12)22(24)25)20-15-7-5-4-6-13(15)18(21)23/h4-11,17,20H,3H2,1-2H3/t11-,17-/m0/s1. The molecule has 1 aliphatic heterocycles. The molecule has 0 saturated carbocycles. The molecule has 1 amide bonds. The molecule has 2 atom stereocenters. The van der Waals surface area contributed by atoms with Gasteiger partial charge >= 0.3 is 0 Å². The zero-order chi connectivity index (χ0) is 18.1. The van der Waals surface area contributed by atoms with Crippen LogP contribution in [0.4, 0.5) is 11.4 Å². The van der Waals surface area contributed by atoms with Gasteiger partial charge in [0.2, 0.25) is 0 Å². The van der Waals surface area contributed by atoms with Crippen molar-refractivity contribution in [3.8, 4) is 0 Å². The molecule has 1 heterocycles. The Labute approximate surface area is 154 Å². The van der Waals surface area contributed by atoms with Crippen molar-refractivity contribution >= 4 is 33.2 Å².